The van der Waals surface area contributed by atoms with E-state index in [4.69, 9.17) is 27.9 Å². The fourth-order valence-electron chi connectivity index (χ4n) is 3.61. The Morgan fingerprint density at radius 1 is 0.935 bits per heavy atom. The van der Waals surface area contributed by atoms with Gasteiger partial charge in [-0.15, -0.1) is 0 Å². The minimum atomic E-state index is -3.70. The molecule has 1 N–H and O–H groups in total. The average molecular weight is 477 g/mol. The van der Waals surface area contributed by atoms with E-state index < -0.39 is 10.0 Å². The molecule has 3 aromatic rings. The summed E-state index contributed by atoms with van der Waals surface area (Å²) < 4.78 is 33.6. The van der Waals surface area contributed by atoms with E-state index in [1.165, 1.54) is 0 Å². The third kappa shape index (κ3) is 4.99. The summed E-state index contributed by atoms with van der Waals surface area (Å²) in [5.74, 6) is 0. The van der Waals surface area contributed by atoms with Gasteiger partial charge in [-0.3, -0.25) is 4.72 Å². The molecule has 1 saturated heterocycles. The molecule has 4 rings (SSSR count). The number of sulfonamides is 1. The second-order valence-electron chi connectivity index (χ2n) is 7.40. The van der Waals surface area contributed by atoms with E-state index in [-0.39, 0.29) is 11.0 Å². The molecule has 31 heavy (non-hydrogen) atoms. The standard InChI is InChI=1S/C23H22Cl2N2O3S/c1-30-20-12-13-27(15-20)19-7-5-18(6-8-19)26-31(28,29)21-9-2-16(3-10-21)17-4-11-22(24)23(25)14-17/h2-11,14,20,26H,12-13,15H2,1H3. The summed E-state index contributed by atoms with van der Waals surface area (Å²) >= 11 is 12.0. The fourth-order valence-corrected chi connectivity index (χ4v) is 4.97. The summed E-state index contributed by atoms with van der Waals surface area (Å²) in [6, 6.07) is 19.3. The van der Waals surface area contributed by atoms with Gasteiger partial charge in [0.15, 0.2) is 0 Å². The van der Waals surface area contributed by atoms with Crippen molar-refractivity contribution in [3.05, 3.63) is 76.8 Å². The number of ether oxygens (including phenoxy) is 1. The van der Waals surface area contributed by atoms with E-state index in [9.17, 15) is 8.42 Å². The number of hydrogen-bond donors (Lipinski definition) is 1. The number of nitrogens with zero attached hydrogens (tertiary/aromatic N) is 1. The molecule has 1 heterocycles. The highest BCUT2D eigenvalue weighted by molar-refractivity contribution is 7.92. The van der Waals surface area contributed by atoms with Gasteiger partial charge in [0.05, 0.1) is 21.0 Å². The molecule has 1 unspecified atom stereocenters. The van der Waals surface area contributed by atoms with Crippen molar-refractivity contribution < 1.29 is 13.2 Å². The van der Waals surface area contributed by atoms with Crippen LogP contribution in [0.1, 0.15) is 6.42 Å². The molecular formula is C23H22Cl2N2O3S. The first-order valence-corrected chi connectivity index (χ1v) is 12.1. The van der Waals surface area contributed by atoms with E-state index in [0.717, 1.165) is 36.3 Å². The summed E-state index contributed by atoms with van der Waals surface area (Å²) in [5.41, 5.74) is 3.27. The summed E-state index contributed by atoms with van der Waals surface area (Å²) in [6.45, 7) is 1.77. The van der Waals surface area contributed by atoms with Crippen LogP contribution in [0.3, 0.4) is 0 Å². The summed E-state index contributed by atoms with van der Waals surface area (Å²) in [7, 11) is -1.98. The molecule has 8 heteroatoms. The van der Waals surface area contributed by atoms with Crippen LogP contribution in [0.5, 0.6) is 0 Å². The van der Waals surface area contributed by atoms with E-state index in [1.54, 1.807) is 55.6 Å². The van der Waals surface area contributed by atoms with Crippen molar-refractivity contribution in [3.8, 4) is 11.1 Å². The monoisotopic (exact) mass is 476 g/mol. The number of nitrogens with one attached hydrogen (secondary N) is 1. The molecule has 0 spiro atoms. The Kier molecular flexibility index (Phi) is 6.44. The van der Waals surface area contributed by atoms with Crippen LogP contribution in [0.4, 0.5) is 11.4 Å². The van der Waals surface area contributed by atoms with Gasteiger partial charge >= 0.3 is 0 Å². The largest absolute Gasteiger partial charge is 0.380 e. The molecular weight excluding hydrogens is 455 g/mol. The molecule has 3 aromatic carbocycles. The van der Waals surface area contributed by atoms with Crippen LogP contribution >= 0.6 is 23.2 Å². The highest BCUT2D eigenvalue weighted by Gasteiger charge is 2.22. The number of hydrogen-bond acceptors (Lipinski definition) is 4. The Morgan fingerprint density at radius 2 is 1.61 bits per heavy atom. The third-order valence-electron chi connectivity index (χ3n) is 5.38. The first-order valence-electron chi connectivity index (χ1n) is 9.82. The molecule has 0 radical (unpaired) electrons. The second kappa shape index (κ2) is 9.09. The van der Waals surface area contributed by atoms with Crippen LogP contribution in [0, 0.1) is 0 Å². The Labute approximate surface area is 192 Å². The maximum atomic E-state index is 12.8. The summed E-state index contributed by atoms with van der Waals surface area (Å²) in [6.07, 6.45) is 1.23. The molecule has 0 aromatic heterocycles. The molecule has 0 saturated carbocycles. The van der Waals surface area contributed by atoms with Crippen molar-refractivity contribution in [2.75, 3.05) is 29.8 Å². The van der Waals surface area contributed by atoms with Crippen LogP contribution in [-0.4, -0.2) is 34.7 Å². The van der Waals surface area contributed by atoms with Gasteiger partial charge in [-0.2, -0.15) is 0 Å². The van der Waals surface area contributed by atoms with Crippen LogP contribution in [0.15, 0.2) is 71.6 Å². The lowest BCUT2D eigenvalue weighted by atomic mass is 10.1. The quantitative estimate of drug-likeness (QED) is 0.496. The molecule has 1 aliphatic rings. The zero-order valence-corrected chi connectivity index (χ0v) is 19.2. The Bertz CT molecular complexity index is 1170. The topological polar surface area (TPSA) is 58.6 Å². The predicted molar refractivity (Wildman–Crippen MR) is 127 cm³/mol. The Morgan fingerprint density at radius 3 is 2.23 bits per heavy atom. The highest BCUT2D eigenvalue weighted by Crippen LogP contribution is 2.30. The SMILES string of the molecule is COC1CCN(c2ccc(NS(=O)(=O)c3ccc(-c4ccc(Cl)c(Cl)c4)cc3)cc2)C1. The number of anilines is 2. The van der Waals surface area contributed by atoms with E-state index in [1.807, 2.05) is 18.2 Å². The number of benzene rings is 3. The van der Waals surface area contributed by atoms with Crippen LogP contribution in [0.2, 0.25) is 10.0 Å². The average Bonchev–Trinajstić information content (AvgIpc) is 3.25. The Balaban J connectivity index is 1.46. The van der Waals surface area contributed by atoms with Crippen molar-refractivity contribution in [2.45, 2.75) is 17.4 Å². The van der Waals surface area contributed by atoms with E-state index in [0.29, 0.717) is 15.7 Å². The lowest BCUT2D eigenvalue weighted by Crippen LogP contribution is -2.22. The molecule has 1 aliphatic heterocycles. The van der Waals surface area contributed by atoms with Gasteiger partial charge in [0, 0.05) is 31.6 Å². The van der Waals surface area contributed by atoms with Crippen molar-refractivity contribution >= 4 is 44.6 Å². The molecule has 0 bridgehead atoms. The van der Waals surface area contributed by atoms with E-state index in [2.05, 4.69) is 9.62 Å². The van der Waals surface area contributed by atoms with Crippen LogP contribution in [0.25, 0.3) is 11.1 Å². The first-order chi connectivity index (χ1) is 14.9. The van der Waals surface area contributed by atoms with Gasteiger partial charge in [0.2, 0.25) is 0 Å². The minimum Gasteiger partial charge on any atom is -0.380 e. The van der Waals surface area contributed by atoms with Gasteiger partial charge < -0.3 is 9.64 Å². The highest BCUT2D eigenvalue weighted by atomic mass is 35.5. The predicted octanol–water partition coefficient (Wildman–Crippen LogP) is 5.69. The maximum absolute atomic E-state index is 12.8. The third-order valence-corrected chi connectivity index (χ3v) is 7.52. The fraction of sp³-hybridized carbons (Fsp3) is 0.217. The zero-order valence-electron chi connectivity index (χ0n) is 16.9. The van der Waals surface area contributed by atoms with Gasteiger partial charge in [-0.05, 0) is 66.1 Å². The number of rotatable bonds is 6. The number of methoxy groups -OCH3 is 1. The van der Waals surface area contributed by atoms with Gasteiger partial charge in [-0.25, -0.2) is 8.42 Å². The van der Waals surface area contributed by atoms with Crippen molar-refractivity contribution in [2.24, 2.45) is 0 Å². The molecule has 162 valence electrons. The van der Waals surface area contributed by atoms with Crippen LogP contribution in [-0.2, 0) is 14.8 Å². The molecule has 0 amide bonds. The van der Waals surface area contributed by atoms with Gasteiger partial charge in [0.25, 0.3) is 10.0 Å². The maximum Gasteiger partial charge on any atom is 0.261 e. The molecule has 0 aliphatic carbocycles. The molecule has 1 atom stereocenters. The number of halogens is 2. The summed E-state index contributed by atoms with van der Waals surface area (Å²) in [5, 5.41) is 0.927. The lowest BCUT2D eigenvalue weighted by molar-refractivity contribution is 0.121. The lowest BCUT2D eigenvalue weighted by Gasteiger charge is -2.19. The minimum absolute atomic E-state index is 0.183. The normalized spacial score (nSPS) is 16.5. The smallest absolute Gasteiger partial charge is 0.261 e. The zero-order chi connectivity index (χ0) is 22.0. The molecule has 1 fully saturated rings. The Hall–Kier alpha value is -2.25. The van der Waals surface area contributed by atoms with Crippen molar-refractivity contribution in [1.29, 1.82) is 0 Å². The van der Waals surface area contributed by atoms with Gasteiger partial charge in [0.1, 0.15) is 0 Å². The summed E-state index contributed by atoms with van der Waals surface area (Å²) in [4.78, 5) is 2.41. The molecule has 5 nitrogen and oxygen atoms in total. The first kappa shape index (κ1) is 22.0. The van der Waals surface area contributed by atoms with Gasteiger partial charge in [-0.1, -0.05) is 41.4 Å². The van der Waals surface area contributed by atoms with Crippen LogP contribution < -0.4 is 9.62 Å². The van der Waals surface area contributed by atoms with E-state index >= 15 is 0 Å². The van der Waals surface area contributed by atoms with Crippen molar-refractivity contribution in [1.82, 2.24) is 0 Å². The second-order valence-corrected chi connectivity index (χ2v) is 9.89. The van der Waals surface area contributed by atoms with Crippen molar-refractivity contribution in [3.63, 3.8) is 0 Å².